The van der Waals surface area contributed by atoms with E-state index in [9.17, 15) is 14.5 Å². The SMILES string of the molecule is C=C/C=N\C(=NC)Nc1cc([N+](=O)[O-])c(F)cc1C. The van der Waals surface area contributed by atoms with E-state index in [1.807, 2.05) is 0 Å². The van der Waals surface area contributed by atoms with Crippen LogP contribution in [-0.2, 0) is 0 Å². The Balaban J connectivity index is 3.13. The fraction of sp³-hybridized carbons (Fsp3) is 0.167. The lowest BCUT2D eigenvalue weighted by Gasteiger charge is -2.08. The third kappa shape index (κ3) is 3.70. The van der Waals surface area contributed by atoms with Crippen molar-refractivity contribution in [1.29, 1.82) is 0 Å². The summed E-state index contributed by atoms with van der Waals surface area (Å²) in [5.74, 6) is -0.637. The van der Waals surface area contributed by atoms with E-state index >= 15 is 0 Å². The Hall–Kier alpha value is -2.57. The smallest absolute Gasteiger partial charge is 0.306 e. The number of benzene rings is 1. The van der Waals surface area contributed by atoms with Gasteiger partial charge >= 0.3 is 5.69 Å². The quantitative estimate of drug-likeness (QED) is 0.394. The number of nitro benzene ring substituents is 1. The maximum absolute atomic E-state index is 13.4. The molecule has 7 heteroatoms. The van der Waals surface area contributed by atoms with Crippen molar-refractivity contribution < 1.29 is 9.31 Å². The van der Waals surface area contributed by atoms with Gasteiger partial charge in [0.25, 0.3) is 0 Å². The molecule has 1 aromatic carbocycles. The molecule has 0 aliphatic heterocycles. The molecule has 100 valence electrons. The van der Waals surface area contributed by atoms with E-state index in [0.29, 0.717) is 11.3 Å². The molecule has 1 aromatic rings. The van der Waals surface area contributed by atoms with Crippen molar-refractivity contribution in [2.45, 2.75) is 6.92 Å². The Morgan fingerprint density at radius 1 is 1.58 bits per heavy atom. The summed E-state index contributed by atoms with van der Waals surface area (Å²) in [7, 11) is 1.51. The maximum Gasteiger partial charge on any atom is 0.306 e. The van der Waals surface area contributed by atoms with Crippen LogP contribution in [0.15, 0.2) is 34.8 Å². The lowest BCUT2D eigenvalue weighted by Crippen LogP contribution is -2.11. The Kier molecular flexibility index (Phi) is 4.87. The minimum Gasteiger partial charge on any atom is -0.324 e. The zero-order valence-electron chi connectivity index (χ0n) is 10.6. The summed E-state index contributed by atoms with van der Waals surface area (Å²) < 4.78 is 13.4. The predicted molar refractivity (Wildman–Crippen MR) is 73.5 cm³/mol. The summed E-state index contributed by atoms with van der Waals surface area (Å²) in [4.78, 5) is 17.7. The minimum absolute atomic E-state index is 0.240. The third-order valence-electron chi connectivity index (χ3n) is 2.25. The fourth-order valence-corrected chi connectivity index (χ4v) is 1.33. The third-order valence-corrected chi connectivity index (χ3v) is 2.25. The molecule has 1 rings (SSSR count). The van der Waals surface area contributed by atoms with Crippen molar-refractivity contribution in [3.63, 3.8) is 0 Å². The number of halogens is 1. The highest BCUT2D eigenvalue weighted by atomic mass is 19.1. The van der Waals surface area contributed by atoms with Gasteiger partial charge in [0.05, 0.1) is 10.6 Å². The van der Waals surface area contributed by atoms with Crippen molar-refractivity contribution in [2.24, 2.45) is 9.98 Å². The predicted octanol–water partition coefficient (Wildman–Crippen LogP) is 2.70. The second kappa shape index (κ2) is 6.39. The average Bonchev–Trinajstić information content (AvgIpc) is 2.36. The van der Waals surface area contributed by atoms with Gasteiger partial charge in [0, 0.05) is 19.3 Å². The molecule has 0 unspecified atom stereocenters. The van der Waals surface area contributed by atoms with Gasteiger partial charge in [-0.2, -0.15) is 4.39 Å². The van der Waals surface area contributed by atoms with Crippen molar-refractivity contribution in [3.8, 4) is 0 Å². The number of anilines is 1. The standard InChI is InChI=1S/C12H13FN4O2/c1-4-5-15-12(14-3)16-10-7-11(17(18)19)9(13)6-8(10)2/h4-7H,1H2,2-3H3,(H,14,16)/b15-5-. The number of aliphatic imine (C=N–C) groups is 2. The second-order valence-corrected chi connectivity index (χ2v) is 3.56. The molecule has 0 atom stereocenters. The van der Waals surface area contributed by atoms with E-state index in [4.69, 9.17) is 0 Å². The molecule has 0 heterocycles. The van der Waals surface area contributed by atoms with E-state index in [-0.39, 0.29) is 5.96 Å². The molecule has 6 nitrogen and oxygen atoms in total. The summed E-state index contributed by atoms with van der Waals surface area (Å²) in [5, 5.41) is 13.5. The summed E-state index contributed by atoms with van der Waals surface area (Å²) in [6, 6.07) is 2.20. The van der Waals surface area contributed by atoms with E-state index in [2.05, 4.69) is 21.9 Å². The molecule has 1 N–H and O–H groups in total. The van der Waals surface area contributed by atoms with Crippen LogP contribution in [0.25, 0.3) is 0 Å². The zero-order valence-corrected chi connectivity index (χ0v) is 10.6. The molecule has 0 radical (unpaired) electrons. The van der Waals surface area contributed by atoms with Gasteiger partial charge in [0.2, 0.25) is 11.8 Å². The second-order valence-electron chi connectivity index (χ2n) is 3.56. The van der Waals surface area contributed by atoms with E-state index in [1.165, 1.54) is 19.3 Å². The highest BCUT2D eigenvalue weighted by Crippen LogP contribution is 2.25. The van der Waals surface area contributed by atoms with Gasteiger partial charge in [-0.15, -0.1) is 0 Å². The molecule has 19 heavy (non-hydrogen) atoms. The highest BCUT2D eigenvalue weighted by molar-refractivity contribution is 6.00. The van der Waals surface area contributed by atoms with Crippen LogP contribution < -0.4 is 5.32 Å². The first-order valence-electron chi connectivity index (χ1n) is 5.33. The molecule has 0 saturated heterocycles. The van der Waals surface area contributed by atoms with Crippen molar-refractivity contribution in [1.82, 2.24) is 0 Å². The number of hydrogen-bond donors (Lipinski definition) is 1. The number of nitrogens with zero attached hydrogens (tertiary/aromatic N) is 3. The topological polar surface area (TPSA) is 79.9 Å². The van der Waals surface area contributed by atoms with E-state index < -0.39 is 16.4 Å². The van der Waals surface area contributed by atoms with Crippen LogP contribution in [0.4, 0.5) is 15.8 Å². The van der Waals surface area contributed by atoms with E-state index in [1.54, 1.807) is 6.92 Å². The fourth-order valence-electron chi connectivity index (χ4n) is 1.33. The Morgan fingerprint density at radius 2 is 2.26 bits per heavy atom. The summed E-state index contributed by atoms with van der Waals surface area (Å²) >= 11 is 0. The lowest BCUT2D eigenvalue weighted by atomic mass is 10.1. The minimum atomic E-state index is -0.877. The van der Waals surface area contributed by atoms with Crippen molar-refractivity contribution in [2.75, 3.05) is 12.4 Å². The van der Waals surface area contributed by atoms with Crippen LogP contribution in [0.2, 0.25) is 0 Å². The first kappa shape index (κ1) is 14.5. The van der Waals surface area contributed by atoms with Crippen LogP contribution in [0.5, 0.6) is 0 Å². The molecule has 0 bridgehead atoms. The molecule has 0 saturated carbocycles. The molecule has 0 fully saturated rings. The molecule has 0 spiro atoms. The first-order valence-corrected chi connectivity index (χ1v) is 5.33. The largest absolute Gasteiger partial charge is 0.324 e. The van der Waals surface area contributed by atoms with Crippen molar-refractivity contribution in [3.05, 3.63) is 46.3 Å². The molecule has 0 aliphatic carbocycles. The van der Waals surface area contributed by atoms with Crippen LogP contribution in [-0.4, -0.2) is 24.1 Å². The Labute approximate surface area is 109 Å². The number of hydrogen-bond acceptors (Lipinski definition) is 3. The molecular formula is C12H13FN4O2. The molecule has 0 aliphatic rings. The van der Waals surface area contributed by atoms with Gasteiger partial charge in [-0.25, -0.2) is 4.99 Å². The number of nitro groups is 1. The number of allylic oxidation sites excluding steroid dienone is 1. The van der Waals surface area contributed by atoms with Gasteiger partial charge in [-0.05, 0) is 18.6 Å². The average molecular weight is 264 g/mol. The van der Waals surface area contributed by atoms with Gasteiger partial charge < -0.3 is 5.32 Å². The molecular weight excluding hydrogens is 251 g/mol. The number of nitrogens with one attached hydrogen (secondary N) is 1. The van der Waals surface area contributed by atoms with Gasteiger partial charge in [0.15, 0.2) is 0 Å². The van der Waals surface area contributed by atoms with E-state index in [0.717, 1.165) is 12.1 Å². The Morgan fingerprint density at radius 3 is 2.79 bits per heavy atom. The maximum atomic E-state index is 13.4. The van der Waals surface area contributed by atoms with Gasteiger partial charge in [-0.3, -0.25) is 15.1 Å². The number of aryl methyl sites for hydroxylation is 1. The van der Waals surface area contributed by atoms with Crippen LogP contribution >= 0.6 is 0 Å². The summed E-state index contributed by atoms with van der Waals surface area (Å²) in [5.41, 5.74) is 0.282. The zero-order chi connectivity index (χ0) is 14.4. The first-order chi connectivity index (χ1) is 8.99. The van der Waals surface area contributed by atoms with Crippen molar-refractivity contribution >= 4 is 23.5 Å². The number of rotatable bonds is 3. The van der Waals surface area contributed by atoms with Crippen LogP contribution in [0.1, 0.15) is 5.56 Å². The van der Waals surface area contributed by atoms with Crippen LogP contribution in [0.3, 0.4) is 0 Å². The molecule has 0 amide bonds. The summed E-state index contributed by atoms with van der Waals surface area (Å²) in [6.07, 6.45) is 2.88. The normalized spacial score (nSPS) is 11.6. The highest BCUT2D eigenvalue weighted by Gasteiger charge is 2.17. The number of guanidine groups is 1. The van der Waals surface area contributed by atoms with Gasteiger partial charge in [-0.1, -0.05) is 12.7 Å². The van der Waals surface area contributed by atoms with Gasteiger partial charge in [0.1, 0.15) is 0 Å². The monoisotopic (exact) mass is 264 g/mol. The summed E-state index contributed by atoms with van der Waals surface area (Å²) in [6.45, 7) is 5.09. The molecule has 0 aromatic heterocycles. The lowest BCUT2D eigenvalue weighted by molar-refractivity contribution is -0.387. The van der Waals surface area contributed by atoms with Crippen LogP contribution in [0, 0.1) is 22.9 Å². The Bertz CT molecular complexity index is 567.